The summed E-state index contributed by atoms with van der Waals surface area (Å²) in [5.74, 6) is 0.483. The Bertz CT molecular complexity index is 519. The van der Waals surface area contributed by atoms with E-state index < -0.39 is 0 Å². The van der Waals surface area contributed by atoms with Gasteiger partial charge in [-0.05, 0) is 37.1 Å². The van der Waals surface area contributed by atoms with Gasteiger partial charge < -0.3 is 5.73 Å². The van der Waals surface area contributed by atoms with E-state index in [1.807, 2.05) is 32.0 Å². The van der Waals surface area contributed by atoms with Crippen molar-refractivity contribution in [3.63, 3.8) is 0 Å². The van der Waals surface area contributed by atoms with Crippen molar-refractivity contribution in [2.24, 2.45) is 0 Å². The largest absolute Gasteiger partial charge is 0.381 e. The number of nitrogens with two attached hydrogens (primary N) is 1. The molecule has 2 aromatic rings. The molecule has 0 aliphatic rings. The third-order valence-electron chi connectivity index (χ3n) is 2.52. The average molecular weight is 237 g/mol. The Labute approximate surface area is 99.0 Å². The second-order valence-corrected chi connectivity index (χ2v) is 4.05. The Morgan fingerprint density at radius 2 is 2.19 bits per heavy atom. The Morgan fingerprint density at radius 3 is 2.81 bits per heavy atom. The summed E-state index contributed by atoms with van der Waals surface area (Å²) in [4.78, 5) is 0. The topological polar surface area (TPSA) is 56.7 Å². The lowest BCUT2D eigenvalue weighted by molar-refractivity contribution is 0.763. The maximum Gasteiger partial charge on any atom is 0.169 e. The van der Waals surface area contributed by atoms with Crippen molar-refractivity contribution in [3.8, 4) is 5.69 Å². The third kappa shape index (κ3) is 1.76. The van der Waals surface area contributed by atoms with Crippen LogP contribution in [-0.4, -0.2) is 15.0 Å². The van der Waals surface area contributed by atoms with Crippen LogP contribution < -0.4 is 5.73 Å². The van der Waals surface area contributed by atoms with Gasteiger partial charge in [-0.15, -0.1) is 5.10 Å². The number of nitrogen functional groups attached to an aromatic ring is 1. The second kappa shape index (κ2) is 4.14. The van der Waals surface area contributed by atoms with Crippen LogP contribution in [0.5, 0.6) is 0 Å². The van der Waals surface area contributed by atoms with Crippen molar-refractivity contribution in [1.29, 1.82) is 0 Å². The van der Waals surface area contributed by atoms with Crippen molar-refractivity contribution in [2.75, 3.05) is 5.73 Å². The van der Waals surface area contributed by atoms with Gasteiger partial charge in [-0.1, -0.05) is 23.7 Å². The van der Waals surface area contributed by atoms with Gasteiger partial charge in [0.05, 0.1) is 11.4 Å². The van der Waals surface area contributed by atoms with Gasteiger partial charge in [0.25, 0.3) is 0 Å². The first-order valence-corrected chi connectivity index (χ1v) is 5.48. The van der Waals surface area contributed by atoms with E-state index in [1.165, 1.54) is 0 Å². The summed E-state index contributed by atoms with van der Waals surface area (Å²) in [5, 5.41) is 8.65. The van der Waals surface area contributed by atoms with Crippen molar-refractivity contribution in [3.05, 3.63) is 34.5 Å². The molecule has 4 nitrogen and oxygen atoms in total. The summed E-state index contributed by atoms with van der Waals surface area (Å²) in [7, 11) is 0. The summed E-state index contributed by atoms with van der Waals surface area (Å²) in [5.41, 5.74) is 8.68. The number of hydrogen-bond acceptors (Lipinski definition) is 3. The summed E-state index contributed by atoms with van der Waals surface area (Å²) in [6, 6.07) is 5.65. The highest BCUT2D eigenvalue weighted by atomic mass is 35.5. The molecule has 0 saturated heterocycles. The first-order valence-electron chi connectivity index (χ1n) is 5.10. The fraction of sp³-hybridized carbons (Fsp3) is 0.273. The normalized spacial score (nSPS) is 10.7. The molecule has 1 aromatic carbocycles. The van der Waals surface area contributed by atoms with E-state index in [0.29, 0.717) is 10.8 Å². The van der Waals surface area contributed by atoms with E-state index >= 15 is 0 Å². The van der Waals surface area contributed by atoms with Gasteiger partial charge in [-0.25, -0.2) is 4.68 Å². The Balaban J connectivity index is 2.58. The third-order valence-corrected chi connectivity index (χ3v) is 2.75. The molecule has 0 atom stereocenters. The smallest absolute Gasteiger partial charge is 0.169 e. The molecule has 16 heavy (non-hydrogen) atoms. The van der Waals surface area contributed by atoms with Crippen LogP contribution in [0.15, 0.2) is 18.2 Å². The van der Waals surface area contributed by atoms with Crippen molar-refractivity contribution < 1.29 is 0 Å². The summed E-state index contributed by atoms with van der Waals surface area (Å²) >= 11 is 5.91. The predicted octanol–water partition coefficient (Wildman–Crippen LogP) is 2.37. The van der Waals surface area contributed by atoms with Crippen LogP contribution in [0.3, 0.4) is 0 Å². The highest BCUT2D eigenvalue weighted by Gasteiger charge is 2.11. The SMILES string of the molecule is CCc1c(N)nnn1-c1ccc(Cl)cc1C. The number of hydrogen-bond donors (Lipinski definition) is 1. The minimum atomic E-state index is 0.483. The maximum absolute atomic E-state index is 5.91. The Kier molecular flexibility index (Phi) is 2.83. The Hall–Kier alpha value is -1.55. The van der Waals surface area contributed by atoms with E-state index in [0.717, 1.165) is 23.4 Å². The minimum absolute atomic E-state index is 0.483. The highest BCUT2D eigenvalue weighted by Crippen LogP contribution is 2.21. The molecule has 0 spiro atoms. The van der Waals surface area contributed by atoms with Gasteiger partial charge in [0.1, 0.15) is 0 Å². The number of aryl methyl sites for hydroxylation is 1. The van der Waals surface area contributed by atoms with Gasteiger partial charge in [0.2, 0.25) is 0 Å². The summed E-state index contributed by atoms with van der Waals surface area (Å²) in [6.07, 6.45) is 0.793. The molecule has 0 bridgehead atoms. The van der Waals surface area contributed by atoms with Crippen molar-refractivity contribution in [2.45, 2.75) is 20.3 Å². The lowest BCUT2D eigenvalue weighted by Crippen LogP contribution is -2.04. The van der Waals surface area contributed by atoms with E-state index in [2.05, 4.69) is 10.3 Å². The van der Waals surface area contributed by atoms with Gasteiger partial charge in [-0.3, -0.25) is 0 Å². The van der Waals surface area contributed by atoms with E-state index in [1.54, 1.807) is 4.68 Å². The maximum atomic E-state index is 5.91. The van der Waals surface area contributed by atoms with Crippen LogP contribution in [0.4, 0.5) is 5.82 Å². The Morgan fingerprint density at radius 1 is 1.44 bits per heavy atom. The number of anilines is 1. The molecule has 0 fully saturated rings. The zero-order chi connectivity index (χ0) is 11.7. The molecule has 0 saturated carbocycles. The molecule has 0 unspecified atom stereocenters. The lowest BCUT2D eigenvalue weighted by Gasteiger charge is -2.08. The number of aromatic nitrogens is 3. The number of benzene rings is 1. The predicted molar refractivity (Wildman–Crippen MR) is 64.9 cm³/mol. The molecule has 84 valence electrons. The number of rotatable bonds is 2. The van der Waals surface area contributed by atoms with Crippen LogP contribution in [-0.2, 0) is 6.42 Å². The fourth-order valence-electron chi connectivity index (χ4n) is 1.69. The quantitative estimate of drug-likeness (QED) is 0.871. The average Bonchev–Trinajstić information content (AvgIpc) is 2.59. The van der Waals surface area contributed by atoms with Gasteiger partial charge in [-0.2, -0.15) is 0 Å². The molecular weight excluding hydrogens is 224 g/mol. The van der Waals surface area contributed by atoms with Crippen LogP contribution in [0, 0.1) is 6.92 Å². The molecule has 0 aliphatic heterocycles. The lowest BCUT2D eigenvalue weighted by atomic mass is 10.2. The standard InChI is InChI=1S/C11H13ClN4/c1-3-9-11(13)14-15-16(9)10-5-4-8(12)6-7(10)2/h4-6H,3,13H2,1-2H3. The molecule has 0 amide bonds. The second-order valence-electron chi connectivity index (χ2n) is 3.62. The van der Waals surface area contributed by atoms with Crippen LogP contribution >= 0.6 is 11.6 Å². The monoisotopic (exact) mass is 236 g/mol. The molecule has 1 aromatic heterocycles. The van der Waals surface area contributed by atoms with Crippen molar-refractivity contribution in [1.82, 2.24) is 15.0 Å². The van der Waals surface area contributed by atoms with Gasteiger partial charge in [0, 0.05) is 5.02 Å². The minimum Gasteiger partial charge on any atom is -0.381 e. The molecule has 2 N–H and O–H groups in total. The molecule has 5 heteroatoms. The van der Waals surface area contributed by atoms with Gasteiger partial charge in [0.15, 0.2) is 5.82 Å². The molecular formula is C11H13ClN4. The van der Waals surface area contributed by atoms with Crippen LogP contribution in [0.1, 0.15) is 18.2 Å². The number of halogens is 1. The first-order chi connectivity index (χ1) is 7.63. The number of nitrogens with zero attached hydrogens (tertiary/aromatic N) is 3. The molecule has 0 radical (unpaired) electrons. The van der Waals surface area contributed by atoms with Crippen molar-refractivity contribution >= 4 is 17.4 Å². The summed E-state index contributed by atoms with van der Waals surface area (Å²) < 4.78 is 1.76. The van der Waals surface area contributed by atoms with Crippen LogP contribution in [0.25, 0.3) is 5.69 Å². The van der Waals surface area contributed by atoms with Gasteiger partial charge >= 0.3 is 0 Å². The zero-order valence-corrected chi connectivity index (χ0v) is 9.99. The van der Waals surface area contributed by atoms with E-state index in [-0.39, 0.29) is 0 Å². The molecule has 0 aliphatic carbocycles. The summed E-state index contributed by atoms with van der Waals surface area (Å²) in [6.45, 7) is 4.01. The molecule has 1 heterocycles. The van der Waals surface area contributed by atoms with E-state index in [4.69, 9.17) is 17.3 Å². The fourth-order valence-corrected chi connectivity index (χ4v) is 1.92. The zero-order valence-electron chi connectivity index (χ0n) is 9.24. The highest BCUT2D eigenvalue weighted by molar-refractivity contribution is 6.30. The van der Waals surface area contributed by atoms with Crippen LogP contribution in [0.2, 0.25) is 5.02 Å². The molecule has 2 rings (SSSR count). The first kappa shape index (κ1) is 11.0. The van der Waals surface area contributed by atoms with E-state index in [9.17, 15) is 0 Å².